The van der Waals surface area contributed by atoms with Crippen molar-refractivity contribution >= 4 is 11.9 Å². The number of nitrogens with one attached hydrogen (secondary N) is 1. The first-order valence-corrected chi connectivity index (χ1v) is 6.77. The summed E-state index contributed by atoms with van der Waals surface area (Å²) >= 11 is 0. The van der Waals surface area contributed by atoms with Crippen molar-refractivity contribution in [3.63, 3.8) is 0 Å². The van der Waals surface area contributed by atoms with E-state index in [2.05, 4.69) is 25.8 Å². The Bertz CT molecular complexity index is 1020. The summed E-state index contributed by atoms with van der Waals surface area (Å²) in [5.74, 6) is -0.547. The highest BCUT2D eigenvalue weighted by atomic mass is 16.2. The highest BCUT2D eigenvalue weighted by Gasteiger charge is 2.19. The van der Waals surface area contributed by atoms with E-state index in [4.69, 9.17) is 0 Å². The first-order valence-electron chi connectivity index (χ1n) is 6.77. The standard InChI is InChI=1S/C13H12N8O3/c1-19-7-8(10(22)15-12-16-17-18-20(12)2)11(23)21(13(19)24)9-5-3-4-6-14-9/h3-7H,1-2H3,(H,15,16,18,22). The predicted molar refractivity (Wildman–Crippen MR) is 81.8 cm³/mol. The number of aryl methyl sites for hydroxylation is 2. The topological polar surface area (TPSA) is 130 Å². The molecule has 11 nitrogen and oxygen atoms in total. The molecule has 3 heterocycles. The minimum atomic E-state index is -0.788. The molecular weight excluding hydrogens is 316 g/mol. The molecule has 3 rings (SSSR count). The van der Waals surface area contributed by atoms with Gasteiger partial charge in [0.1, 0.15) is 11.4 Å². The van der Waals surface area contributed by atoms with Crippen LogP contribution >= 0.6 is 0 Å². The van der Waals surface area contributed by atoms with Crippen molar-refractivity contribution in [3.8, 4) is 5.82 Å². The normalized spacial score (nSPS) is 10.6. The average Bonchev–Trinajstić information content (AvgIpc) is 2.97. The second-order valence-electron chi connectivity index (χ2n) is 4.84. The number of hydrogen-bond donors (Lipinski definition) is 1. The molecule has 122 valence electrons. The van der Waals surface area contributed by atoms with E-state index >= 15 is 0 Å². The fourth-order valence-electron chi connectivity index (χ4n) is 2.02. The van der Waals surface area contributed by atoms with E-state index in [1.54, 1.807) is 12.1 Å². The van der Waals surface area contributed by atoms with Gasteiger partial charge in [0.2, 0.25) is 5.95 Å². The lowest BCUT2D eigenvalue weighted by Gasteiger charge is -2.09. The molecule has 0 atom stereocenters. The number of carbonyl (C=O) groups is 1. The van der Waals surface area contributed by atoms with E-state index < -0.39 is 17.2 Å². The van der Waals surface area contributed by atoms with Crippen molar-refractivity contribution in [1.82, 2.24) is 34.3 Å². The van der Waals surface area contributed by atoms with Gasteiger partial charge in [-0.3, -0.25) is 14.9 Å². The number of carbonyl (C=O) groups excluding carboxylic acids is 1. The third-order valence-electron chi connectivity index (χ3n) is 3.22. The zero-order chi connectivity index (χ0) is 17.3. The van der Waals surface area contributed by atoms with E-state index in [0.717, 1.165) is 15.3 Å². The summed E-state index contributed by atoms with van der Waals surface area (Å²) < 4.78 is 3.18. The summed E-state index contributed by atoms with van der Waals surface area (Å²) in [5.41, 5.74) is -1.65. The van der Waals surface area contributed by atoms with Gasteiger partial charge >= 0.3 is 5.69 Å². The lowest BCUT2D eigenvalue weighted by molar-refractivity contribution is 0.102. The number of anilines is 1. The van der Waals surface area contributed by atoms with Crippen LogP contribution in [-0.2, 0) is 14.1 Å². The second-order valence-corrected chi connectivity index (χ2v) is 4.84. The summed E-state index contributed by atoms with van der Waals surface area (Å²) in [4.78, 5) is 41.2. The largest absolute Gasteiger partial charge is 0.336 e. The van der Waals surface area contributed by atoms with E-state index in [9.17, 15) is 14.4 Å². The average molecular weight is 328 g/mol. The van der Waals surface area contributed by atoms with Crippen LogP contribution in [0.2, 0.25) is 0 Å². The van der Waals surface area contributed by atoms with Crippen molar-refractivity contribution in [2.75, 3.05) is 5.32 Å². The monoisotopic (exact) mass is 328 g/mol. The van der Waals surface area contributed by atoms with Crippen molar-refractivity contribution in [2.24, 2.45) is 14.1 Å². The third-order valence-corrected chi connectivity index (χ3v) is 3.22. The molecule has 0 saturated carbocycles. The van der Waals surface area contributed by atoms with Crippen molar-refractivity contribution in [3.05, 3.63) is 57.0 Å². The molecule has 0 unspecified atom stereocenters. The summed E-state index contributed by atoms with van der Waals surface area (Å²) in [6.07, 6.45) is 2.60. The lowest BCUT2D eigenvalue weighted by Crippen LogP contribution is -2.41. The van der Waals surface area contributed by atoms with E-state index in [1.807, 2.05) is 0 Å². The summed E-state index contributed by atoms with van der Waals surface area (Å²) in [6, 6.07) is 4.78. The minimum absolute atomic E-state index is 0.0673. The number of aromatic nitrogens is 7. The molecule has 0 aliphatic carbocycles. The molecule has 0 fully saturated rings. The van der Waals surface area contributed by atoms with Crippen LogP contribution in [0.15, 0.2) is 40.2 Å². The van der Waals surface area contributed by atoms with Crippen LogP contribution in [0.25, 0.3) is 5.82 Å². The second kappa shape index (κ2) is 5.87. The lowest BCUT2D eigenvalue weighted by atomic mass is 10.3. The van der Waals surface area contributed by atoms with Crippen LogP contribution < -0.4 is 16.6 Å². The number of tetrazole rings is 1. The third kappa shape index (κ3) is 2.58. The van der Waals surface area contributed by atoms with Gasteiger partial charge in [0.15, 0.2) is 0 Å². The minimum Gasteiger partial charge on any atom is -0.302 e. The Morgan fingerprint density at radius 3 is 2.62 bits per heavy atom. The Hall–Kier alpha value is -3.63. The predicted octanol–water partition coefficient (Wildman–Crippen LogP) is -1.29. The quantitative estimate of drug-likeness (QED) is 0.633. The Morgan fingerprint density at radius 2 is 2.00 bits per heavy atom. The molecule has 0 saturated heterocycles. The Morgan fingerprint density at radius 1 is 1.21 bits per heavy atom. The van der Waals surface area contributed by atoms with Gasteiger partial charge in [0.25, 0.3) is 11.5 Å². The Kier molecular flexibility index (Phi) is 3.74. The van der Waals surface area contributed by atoms with E-state index in [-0.39, 0.29) is 17.3 Å². The Labute approximate surface area is 134 Å². The summed E-state index contributed by atoms with van der Waals surface area (Å²) in [7, 11) is 2.96. The molecule has 11 heteroatoms. The maximum Gasteiger partial charge on any atom is 0.336 e. The zero-order valence-corrected chi connectivity index (χ0v) is 12.7. The first-order chi connectivity index (χ1) is 11.5. The van der Waals surface area contributed by atoms with Crippen LogP contribution in [0.4, 0.5) is 5.95 Å². The molecule has 0 spiro atoms. The molecular formula is C13H12N8O3. The van der Waals surface area contributed by atoms with Gasteiger partial charge in [-0.15, -0.1) is 0 Å². The molecule has 3 aromatic heterocycles. The molecule has 0 aliphatic heterocycles. The first kappa shape index (κ1) is 15.3. The molecule has 0 radical (unpaired) electrons. The SMILES string of the molecule is Cn1nnnc1NC(=O)c1cn(C)c(=O)n(-c2ccccn2)c1=O. The molecule has 0 bridgehead atoms. The zero-order valence-electron chi connectivity index (χ0n) is 12.7. The van der Waals surface area contributed by atoms with Crippen LogP contribution in [0.1, 0.15) is 10.4 Å². The van der Waals surface area contributed by atoms with Crippen molar-refractivity contribution in [1.29, 1.82) is 0 Å². The number of hydrogen-bond acceptors (Lipinski definition) is 7. The number of amides is 1. The van der Waals surface area contributed by atoms with Crippen molar-refractivity contribution < 1.29 is 4.79 Å². The van der Waals surface area contributed by atoms with Crippen LogP contribution in [0, 0.1) is 0 Å². The fraction of sp³-hybridized carbons (Fsp3) is 0.154. The molecule has 1 N–H and O–H groups in total. The van der Waals surface area contributed by atoms with Gasteiger partial charge in [-0.1, -0.05) is 11.2 Å². The Balaban J connectivity index is 2.12. The van der Waals surface area contributed by atoms with Crippen LogP contribution in [0.5, 0.6) is 0 Å². The highest BCUT2D eigenvalue weighted by molar-refractivity contribution is 6.02. The maximum atomic E-state index is 12.6. The molecule has 24 heavy (non-hydrogen) atoms. The van der Waals surface area contributed by atoms with E-state index in [1.165, 1.54) is 31.0 Å². The number of pyridine rings is 1. The molecule has 3 aromatic rings. The van der Waals surface area contributed by atoms with Gasteiger partial charge in [0.05, 0.1) is 0 Å². The number of rotatable bonds is 3. The highest BCUT2D eigenvalue weighted by Crippen LogP contribution is 2.01. The smallest absolute Gasteiger partial charge is 0.302 e. The van der Waals surface area contributed by atoms with Crippen molar-refractivity contribution in [2.45, 2.75) is 0 Å². The van der Waals surface area contributed by atoms with Gasteiger partial charge in [-0.2, -0.15) is 0 Å². The maximum absolute atomic E-state index is 12.6. The van der Waals surface area contributed by atoms with Gasteiger partial charge in [-0.25, -0.2) is 19.0 Å². The van der Waals surface area contributed by atoms with Crippen LogP contribution in [0.3, 0.4) is 0 Å². The van der Waals surface area contributed by atoms with Gasteiger partial charge in [0, 0.05) is 26.5 Å². The summed E-state index contributed by atoms with van der Waals surface area (Å²) in [5, 5.41) is 13.0. The van der Waals surface area contributed by atoms with Gasteiger partial charge < -0.3 is 4.57 Å². The molecule has 1 amide bonds. The van der Waals surface area contributed by atoms with Crippen LogP contribution in [-0.4, -0.2) is 40.2 Å². The fourth-order valence-corrected chi connectivity index (χ4v) is 2.02. The van der Waals surface area contributed by atoms with E-state index in [0.29, 0.717) is 0 Å². The molecule has 0 aromatic carbocycles. The molecule has 0 aliphatic rings. The summed E-state index contributed by atoms with van der Waals surface area (Å²) in [6.45, 7) is 0. The van der Waals surface area contributed by atoms with Gasteiger partial charge in [-0.05, 0) is 22.6 Å². The number of nitrogens with zero attached hydrogens (tertiary/aromatic N) is 7.